The molecule has 0 radical (unpaired) electrons. The lowest BCUT2D eigenvalue weighted by atomic mass is 9.77. The van der Waals surface area contributed by atoms with Gasteiger partial charge in [0.2, 0.25) is 0 Å². The Hall–Kier alpha value is -4.84. The predicted molar refractivity (Wildman–Crippen MR) is 174 cm³/mol. The average Bonchev–Trinajstić information content (AvgIpc) is 3.74. The maximum atomic E-state index is 14.2. The molecule has 3 amide bonds. The van der Waals surface area contributed by atoms with Crippen LogP contribution in [0.15, 0.2) is 98.3 Å². The Labute approximate surface area is 274 Å². The van der Waals surface area contributed by atoms with E-state index in [0.29, 0.717) is 11.4 Å². The Balaban J connectivity index is 1.19. The van der Waals surface area contributed by atoms with Gasteiger partial charge in [-0.1, -0.05) is 51.5 Å². The molecular weight excluding hydrogens is 652 g/mol. The summed E-state index contributed by atoms with van der Waals surface area (Å²) in [6.45, 7) is -0.260. The summed E-state index contributed by atoms with van der Waals surface area (Å²) >= 11 is 3.40. The molecule has 0 spiro atoms. The van der Waals surface area contributed by atoms with Crippen LogP contribution in [0.2, 0.25) is 0 Å². The minimum absolute atomic E-state index is 0.0229. The lowest BCUT2D eigenvalue weighted by molar-refractivity contribution is -0.136. The molecule has 4 aliphatic rings. The fourth-order valence-electron chi connectivity index (χ4n) is 6.68. The zero-order valence-corrected chi connectivity index (χ0v) is 26.8. The van der Waals surface area contributed by atoms with Gasteiger partial charge in [0.1, 0.15) is 18.0 Å². The van der Waals surface area contributed by atoms with Crippen molar-refractivity contribution in [1.82, 2.24) is 10.0 Å². The standard InChI is InChI=1S/C34H31BrN6O5/c1-45-25-13-9-20(10-14-25)17-22-5-3-8-27-29(22)37-41(31(27)21-11-15-26(46-2)16-12-21)28(42)19-39-32-30(36-38-39)33(43)40(34(32)44)24-7-4-6-23(35)18-24/h4,6-7,9-18,27,30-32H,3,5,8,19H2,1-2H3/b22-17+/t27-,30-,31+,32+/m0/s1. The molecule has 11 nitrogen and oxygen atoms in total. The SMILES string of the molecule is COc1ccc(/C=C2\CCC[C@H]3C2=NN(C(=O)CN2N=N[C@@H]4C(=O)N(c5cccc(Br)c5)C(=O)[C@@H]42)[C@@H]3c2ccc(OC)cc2)cc1. The van der Waals surface area contributed by atoms with Crippen LogP contribution in [0.1, 0.15) is 36.4 Å². The number of halogens is 1. The monoisotopic (exact) mass is 682 g/mol. The molecule has 234 valence electrons. The average molecular weight is 684 g/mol. The van der Waals surface area contributed by atoms with Crippen LogP contribution < -0.4 is 14.4 Å². The third kappa shape index (κ3) is 5.26. The molecule has 12 heteroatoms. The van der Waals surface area contributed by atoms with E-state index >= 15 is 0 Å². The second-order valence-electron chi connectivity index (χ2n) is 11.6. The number of carbonyl (C=O) groups excluding carboxylic acids is 3. The maximum absolute atomic E-state index is 14.2. The Kier molecular flexibility index (Phi) is 7.89. The van der Waals surface area contributed by atoms with Crippen molar-refractivity contribution in [2.45, 2.75) is 37.4 Å². The minimum Gasteiger partial charge on any atom is -0.497 e. The van der Waals surface area contributed by atoms with Crippen molar-refractivity contribution >= 4 is 51.1 Å². The lowest BCUT2D eigenvalue weighted by Gasteiger charge is -2.30. The summed E-state index contributed by atoms with van der Waals surface area (Å²) in [6, 6.07) is 20.1. The Morgan fingerprint density at radius 2 is 1.67 bits per heavy atom. The van der Waals surface area contributed by atoms with Crippen molar-refractivity contribution in [3.05, 3.63) is 94.0 Å². The van der Waals surface area contributed by atoms with Gasteiger partial charge in [0.15, 0.2) is 12.1 Å². The van der Waals surface area contributed by atoms with E-state index < -0.39 is 23.9 Å². The molecule has 2 fully saturated rings. The van der Waals surface area contributed by atoms with E-state index in [2.05, 4.69) is 32.3 Å². The van der Waals surface area contributed by atoms with Gasteiger partial charge in [0.05, 0.1) is 31.7 Å². The summed E-state index contributed by atoms with van der Waals surface area (Å²) < 4.78 is 11.4. The highest BCUT2D eigenvalue weighted by molar-refractivity contribution is 9.10. The van der Waals surface area contributed by atoms with Gasteiger partial charge in [-0.05, 0) is 84.5 Å². The second kappa shape index (κ2) is 12.2. The van der Waals surface area contributed by atoms with E-state index in [1.54, 1.807) is 32.4 Å². The molecule has 46 heavy (non-hydrogen) atoms. The molecule has 3 heterocycles. The number of fused-ring (bicyclic) bond motifs is 2. The topological polar surface area (TPSA) is 116 Å². The summed E-state index contributed by atoms with van der Waals surface area (Å²) in [6.07, 6.45) is 4.78. The Morgan fingerprint density at radius 3 is 2.37 bits per heavy atom. The van der Waals surface area contributed by atoms with Gasteiger partial charge in [-0.2, -0.15) is 10.2 Å². The van der Waals surface area contributed by atoms with E-state index in [1.165, 1.54) is 10.0 Å². The molecule has 3 aromatic carbocycles. The first-order valence-corrected chi connectivity index (χ1v) is 15.9. The van der Waals surface area contributed by atoms with Gasteiger partial charge < -0.3 is 9.47 Å². The summed E-state index contributed by atoms with van der Waals surface area (Å²) in [5.74, 6) is 0.194. The number of imide groups is 1. The number of hydrogen-bond donors (Lipinski definition) is 0. The van der Waals surface area contributed by atoms with Crippen molar-refractivity contribution in [2.24, 2.45) is 21.4 Å². The molecule has 4 atom stereocenters. The smallest absolute Gasteiger partial charge is 0.264 e. The first-order chi connectivity index (χ1) is 22.4. The van der Waals surface area contributed by atoms with Crippen LogP contribution in [0.3, 0.4) is 0 Å². The number of hydrazone groups is 1. The van der Waals surface area contributed by atoms with Gasteiger partial charge in [0, 0.05) is 10.4 Å². The number of amides is 3. The molecule has 1 aliphatic carbocycles. The van der Waals surface area contributed by atoms with Crippen molar-refractivity contribution in [3.63, 3.8) is 0 Å². The van der Waals surface area contributed by atoms with Crippen molar-refractivity contribution in [1.29, 1.82) is 0 Å². The van der Waals surface area contributed by atoms with Crippen LogP contribution in [0.5, 0.6) is 11.5 Å². The fourth-order valence-corrected chi connectivity index (χ4v) is 7.06. The number of benzene rings is 3. The zero-order valence-electron chi connectivity index (χ0n) is 25.2. The molecule has 0 N–H and O–H groups in total. The highest BCUT2D eigenvalue weighted by Gasteiger charge is 2.55. The first kappa shape index (κ1) is 29.8. The zero-order chi connectivity index (χ0) is 31.9. The van der Waals surface area contributed by atoms with E-state index in [-0.39, 0.29) is 24.4 Å². The van der Waals surface area contributed by atoms with Crippen molar-refractivity contribution in [2.75, 3.05) is 25.7 Å². The molecule has 0 bridgehead atoms. The molecule has 7 rings (SSSR count). The number of rotatable bonds is 7. The van der Waals surface area contributed by atoms with Crippen LogP contribution in [-0.2, 0) is 14.4 Å². The van der Waals surface area contributed by atoms with E-state index in [4.69, 9.17) is 14.6 Å². The van der Waals surface area contributed by atoms with Crippen LogP contribution in [0.4, 0.5) is 5.69 Å². The predicted octanol–water partition coefficient (Wildman–Crippen LogP) is 5.58. The largest absolute Gasteiger partial charge is 0.497 e. The van der Waals surface area contributed by atoms with E-state index in [9.17, 15) is 14.4 Å². The highest BCUT2D eigenvalue weighted by Crippen LogP contribution is 2.45. The fraction of sp³-hybridized carbons (Fsp3) is 0.294. The number of allylic oxidation sites excluding steroid dienone is 1. The number of nitrogens with zero attached hydrogens (tertiary/aromatic N) is 6. The number of hydrogen-bond acceptors (Lipinski definition) is 9. The van der Waals surface area contributed by atoms with Crippen LogP contribution in [0, 0.1) is 5.92 Å². The second-order valence-corrected chi connectivity index (χ2v) is 12.5. The molecule has 0 aromatic heterocycles. The van der Waals surface area contributed by atoms with E-state index in [1.807, 2.05) is 54.6 Å². The van der Waals surface area contributed by atoms with Crippen LogP contribution in [-0.4, -0.2) is 66.3 Å². The molecule has 1 saturated carbocycles. The molecular formula is C34H31BrN6O5. The quantitative estimate of drug-likeness (QED) is 0.300. The number of anilines is 1. The number of ether oxygens (including phenoxy) is 2. The molecule has 3 aromatic rings. The molecule has 1 saturated heterocycles. The Morgan fingerprint density at radius 1 is 0.957 bits per heavy atom. The Bertz CT molecular complexity index is 1790. The molecule has 0 unspecified atom stereocenters. The van der Waals surface area contributed by atoms with Gasteiger partial charge in [-0.15, -0.1) is 0 Å². The third-order valence-electron chi connectivity index (χ3n) is 8.89. The lowest BCUT2D eigenvalue weighted by Crippen LogP contribution is -2.45. The van der Waals surface area contributed by atoms with Gasteiger partial charge >= 0.3 is 0 Å². The summed E-state index contributed by atoms with van der Waals surface area (Å²) in [5.41, 5.74) is 4.35. The van der Waals surface area contributed by atoms with Gasteiger partial charge in [-0.25, -0.2) is 9.91 Å². The molecule has 3 aliphatic heterocycles. The summed E-state index contributed by atoms with van der Waals surface area (Å²) in [4.78, 5) is 42.1. The maximum Gasteiger partial charge on any atom is 0.264 e. The number of methoxy groups -OCH3 is 2. The normalized spacial score (nSPS) is 24.4. The van der Waals surface area contributed by atoms with Crippen LogP contribution in [0.25, 0.3) is 6.08 Å². The van der Waals surface area contributed by atoms with E-state index in [0.717, 1.165) is 56.8 Å². The van der Waals surface area contributed by atoms with Gasteiger partial charge in [0.25, 0.3) is 17.7 Å². The van der Waals surface area contributed by atoms with Gasteiger partial charge in [-0.3, -0.25) is 19.4 Å². The third-order valence-corrected chi connectivity index (χ3v) is 9.39. The first-order valence-electron chi connectivity index (χ1n) is 15.1. The van der Waals surface area contributed by atoms with Crippen molar-refractivity contribution in [3.8, 4) is 11.5 Å². The summed E-state index contributed by atoms with van der Waals surface area (Å²) in [5, 5.41) is 16.1. The minimum atomic E-state index is -1.01. The number of carbonyl (C=O) groups is 3. The summed E-state index contributed by atoms with van der Waals surface area (Å²) in [7, 11) is 3.25. The highest BCUT2D eigenvalue weighted by atomic mass is 79.9. The van der Waals surface area contributed by atoms with Crippen LogP contribution >= 0.6 is 15.9 Å². The van der Waals surface area contributed by atoms with Crippen molar-refractivity contribution < 1.29 is 23.9 Å².